The number of methoxy groups -OCH3 is 1. The number of rotatable bonds is 3. The number of fused-ring (bicyclic) bond motifs is 5. The average Bonchev–Trinajstić information content (AvgIpc) is 3.06. The number of esters is 3. The minimum atomic E-state index is -0.363. The Morgan fingerprint density at radius 3 is 2.19 bits per heavy atom. The fourth-order valence-electron chi connectivity index (χ4n) is 8.41. The smallest absolute Gasteiger partial charge is 0.309 e. The van der Waals surface area contributed by atoms with E-state index < -0.39 is 0 Å². The number of hydrogen-bond donors (Lipinski definition) is 0. The number of ether oxygens (including phenoxy) is 3. The Morgan fingerprint density at radius 2 is 1.55 bits per heavy atom. The van der Waals surface area contributed by atoms with Crippen molar-refractivity contribution in [3.63, 3.8) is 0 Å². The summed E-state index contributed by atoms with van der Waals surface area (Å²) in [6, 6.07) is 0. The minimum Gasteiger partial charge on any atom is -0.469 e. The minimum absolute atomic E-state index is 0.0282. The summed E-state index contributed by atoms with van der Waals surface area (Å²) < 4.78 is 16.7. The highest BCUT2D eigenvalue weighted by molar-refractivity contribution is 5.74. The molecule has 6 nitrogen and oxygen atoms in total. The molecule has 0 aromatic rings. The van der Waals surface area contributed by atoms with E-state index in [0.717, 1.165) is 51.4 Å². The molecule has 0 unspecified atom stereocenters. The first-order valence-electron chi connectivity index (χ1n) is 12.0. The van der Waals surface area contributed by atoms with Crippen molar-refractivity contribution in [2.45, 2.75) is 91.3 Å². The number of carbonyl (C=O) groups excluding carboxylic acids is 3. The topological polar surface area (TPSA) is 78.9 Å². The molecule has 6 heteroatoms. The molecule has 4 aliphatic carbocycles. The zero-order chi connectivity index (χ0) is 22.6. The van der Waals surface area contributed by atoms with Crippen molar-refractivity contribution in [2.75, 3.05) is 7.11 Å². The van der Waals surface area contributed by atoms with Crippen LogP contribution in [-0.2, 0) is 28.6 Å². The predicted molar refractivity (Wildman–Crippen MR) is 114 cm³/mol. The first kappa shape index (κ1) is 22.6. The third-order valence-electron chi connectivity index (χ3n) is 9.82. The van der Waals surface area contributed by atoms with Gasteiger partial charge in [0.1, 0.15) is 12.2 Å². The van der Waals surface area contributed by atoms with Crippen LogP contribution in [0.3, 0.4) is 0 Å². The van der Waals surface area contributed by atoms with Crippen molar-refractivity contribution < 1.29 is 28.6 Å². The summed E-state index contributed by atoms with van der Waals surface area (Å²) >= 11 is 0. The van der Waals surface area contributed by atoms with Crippen LogP contribution in [-0.4, -0.2) is 37.2 Å². The van der Waals surface area contributed by atoms with E-state index in [0.29, 0.717) is 23.7 Å². The van der Waals surface area contributed by atoms with Crippen molar-refractivity contribution in [2.24, 2.45) is 40.4 Å². The van der Waals surface area contributed by atoms with Gasteiger partial charge in [0.25, 0.3) is 0 Å². The molecule has 0 aromatic carbocycles. The Hall–Kier alpha value is -1.59. The highest BCUT2D eigenvalue weighted by Crippen LogP contribution is 2.68. The zero-order valence-electron chi connectivity index (χ0n) is 19.6. The van der Waals surface area contributed by atoms with Gasteiger partial charge in [0.15, 0.2) is 0 Å². The average molecular weight is 435 g/mol. The molecular weight excluding hydrogens is 396 g/mol. The molecule has 0 saturated heterocycles. The molecule has 0 N–H and O–H groups in total. The molecule has 4 aliphatic rings. The monoisotopic (exact) mass is 434 g/mol. The molecule has 0 amide bonds. The summed E-state index contributed by atoms with van der Waals surface area (Å²) in [5.41, 5.74) is -0.208. The van der Waals surface area contributed by atoms with E-state index >= 15 is 0 Å². The van der Waals surface area contributed by atoms with Gasteiger partial charge in [-0.1, -0.05) is 13.8 Å². The summed E-state index contributed by atoms with van der Waals surface area (Å²) in [6.45, 7) is 7.55. The van der Waals surface area contributed by atoms with Crippen LogP contribution in [0.1, 0.15) is 79.1 Å². The van der Waals surface area contributed by atoms with Crippen LogP contribution in [0.2, 0.25) is 0 Å². The summed E-state index contributed by atoms with van der Waals surface area (Å²) in [6.07, 6.45) is 7.54. The molecule has 0 spiro atoms. The quantitative estimate of drug-likeness (QED) is 0.487. The lowest BCUT2D eigenvalue weighted by atomic mass is 9.44. The summed E-state index contributed by atoms with van der Waals surface area (Å²) in [7, 11) is 1.46. The van der Waals surface area contributed by atoms with Gasteiger partial charge in [-0.05, 0) is 80.5 Å². The SMILES string of the molecule is COC(=O)[C@H]1CC[C@H]2[C@@H]3CC[C@H]4C[C@H](OC(C)=O)CC[C@]4(C)[C@H]3C[C@H](OC(C)=O)[C@]12C. The summed E-state index contributed by atoms with van der Waals surface area (Å²) in [5.74, 6) is 1.05. The standard InChI is InChI=1S/C25H38O6/c1-14(26)30-17-10-11-24(3)16(12-17)6-7-18-19-8-9-20(23(28)29-5)25(19,4)22(13-21(18)24)31-15(2)27/h16-22H,6-13H2,1-5H3/t16-,17+,18-,19-,20+,21-,22-,24-,25-/m0/s1. The fourth-order valence-corrected chi connectivity index (χ4v) is 8.41. The Balaban J connectivity index is 1.64. The second kappa shape index (κ2) is 8.08. The van der Waals surface area contributed by atoms with Crippen molar-refractivity contribution in [1.29, 1.82) is 0 Å². The van der Waals surface area contributed by atoms with Gasteiger partial charge < -0.3 is 14.2 Å². The molecule has 0 radical (unpaired) electrons. The third-order valence-corrected chi connectivity index (χ3v) is 9.82. The van der Waals surface area contributed by atoms with Crippen molar-refractivity contribution in [1.82, 2.24) is 0 Å². The zero-order valence-corrected chi connectivity index (χ0v) is 19.6. The Bertz CT molecular complexity index is 748. The van der Waals surface area contributed by atoms with Crippen LogP contribution in [0.4, 0.5) is 0 Å². The Labute approximate surface area is 185 Å². The lowest BCUT2D eigenvalue weighted by Crippen LogP contribution is -2.60. The number of hydrogen-bond acceptors (Lipinski definition) is 6. The van der Waals surface area contributed by atoms with Gasteiger partial charge in [-0.15, -0.1) is 0 Å². The van der Waals surface area contributed by atoms with E-state index in [-0.39, 0.29) is 46.9 Å². The first-order chi connectivity index (χ1) is 14.6. The maximum atomic E-state index is 12.7. The van der Waals surface area contributed by atoms with Gasteiger partial charge in [-0.3, -0.25) is 14.4 Å². The van der Waals surface area contributed by atoms with E-state index in [2.05, 4.69) is 13.8 Å². The van der Waals surface area contributed by atoms with Crippen LogP contribution in [0.25, 0.3) is 0 Å². The molecule has 4 fully saturated rings. The summed E-state index contributed by atoms with van der Waals surface area (Å²) in [5, 5.41) is 0. The molecule has 4 rings (SSSR count). The molecule has 0 heterocycles. The van der Waals surface area contributed by atoms with Crippen molar-refractivity contribution in [3.05, 3.63) is 0 Å². The van der Waals surface area contributed by atoms with Gasteiger partial charge >= 0.3 is 17.9 Å². The van der Waals surface area contributed by atoms with Gasteiger partial charge in [-0.25, -0.2) is 0 Å². The molecule has 0 aromatic heterocycles. The van der Waals surface area contributed by atoms with Gasteiger partial charge in [0, 0.05) is 19.3 Å². The van der Waals surface area contributed by atoms with E-state index in [1.807, 2.05) is 0 Å². The highest BCUT2D eigenvalue weighted by atomic mass is 16.5. The van der Waals surface area contributed by atoms with Crippen molar-refractivity contribution in [3.8, 4) is 0 Å². The summed E-state index contributed by atoms with van der Waals surface area (Å²) in [4.78, 5) is 36.2. The maximum absolute atomic E-state index is 12.7. The first-order valence-corrected chi connectivity index (χ1v) is 12.0. The van der Waals surface area contributed by atoms with E-state index in [1.165, 1.54) is 21.0 Å². The van der Waals surface area contributed by atoms with Crippen LogP contribution in [0, 0.1) is 40.4 Å². The van der Waals surface area contributed by atoms with E-state index in [9.17, 15) is 14.4 Å². The molecule has 174 valence electrons. The molecule has 0 aliphatic heterocycles. The fraction of sp³-hybridized carbons (Fsp3) is 0.880. The second-order valence-corrected chi connectivity index (χ2v) is 11.0. The molecule has 31 heavy (non-hydrogen) atoms. The molecule has 4 saturated carbocycles. The van der Waals surface area contributed by atoms with Crippen LogP contribution in [0.15, 0.2) is 0 Å². The lowest BCUT2D eigenvalue weighted by molar-refractivity contribution is -0.199. The van der Waals surface area contributed by atoms with Crippen LogP contribution >= 0.6 is 0 Å². The Morgan fingerprint density at radius 1 is 0.839 bits per heavy atom. The van der Waals surface area contributed by atoms with Crippen molar-refractivity contribution >= 4 is 17.9 Å². The highest BCUT2D eigenvalue weighted by Gasteiger charge is 2.66. The largest absolute Gasteiger partial charge is 0.469 e. The van der Waals surface area contributed by atoms with Crippen LogP contribution < -0.4 is 0 Å². The van der Waals surface area contributed by atoms with Gasteiger partial charge in [0.05, 0.1) is 13.0 Å². The molecular formula is C25H38O6. The van der Waals surface area contributed by atoms with E-state index in [1.54, 1.807) is 0 Å². The normalized spacial score (nSPS) is 46.2. The molecule has 0 bridgehead atoms. The molecule has 9 atom stereocenters. The lowest BCUT2D eigenvalue weighted by Gasteiger charge is -2.62. The predicted octanol–water partition coefficient (Wildman–Crippen LogP) is 4.29. The van der Waals surface area contributed by atoms with E-state index in [4.69, 9.17) is 14.2 Å². The third kappa shape index (κ3) is 3.58. The van der Waals surface area contributed by atoms with Gasteiger partial charge in [0.2, 0.25) is 0 Å². The number of carbonyl (C=O) groups is 3. The maximum Gasteiger partial charge on any atom is 0.309 e. The van der Waals surface area contributed by atoms with Crippen LogP contribution in [0.5, 0.6) is 0 Å². The van der Waals surface area contributed by atoms with Gasteiger partial charge in [-0.2, -0.15) is 0 Å². The second-order valence-electron chi connectivity index (χ2n) is 11.0. The Kier molecular flexibility index (Phi) is 5.89.